The van der Waals surface area contributed by atoms with Gasteiger partial charge in [-0.25, -0.2) is 4.98 Å². The molecule has 2 unspecified atom stereocenters. The molecule has 2 aliphatic rings. The average molecular weight is 391 g/mol. The zero-order chi connectivity index (χ0) is 19.3. The van der Waals surface area contributed by atoms with Crippen LogP contribution in [0.1, 0.15) is 33.3 Å². The molecule has 0 saturated carbocycles. The molecular weight excluding hydrogens is 374 g/mol. The maximum Gasteiger partial charge on any atom is 0.266 e. The van der Waals surface area contributed by atoms with Crippen LogP contribution >= 0.6 is 11.3 Å². The van der Waals surface area contributed by atoms with Gasteiger partial charge in [0.2, 0.25) is 5.91 Å². The van der Waals surface area contributed by atoms with Crippen molar-refractivity contribution in [2.24, 2.45) is 0 Å². The molecule has 1 aromatic carbocycles. The Kier molecular flexibility index (Phi) is 3.70. The lowest BCUT2D eigenvalue weighted by molar-refractivity contribution is -0.121. The Morgan fingerprint density at radius 1 is 1.25 bits per heavy atom. The minimum absolute atomic E-state index is 0.0818. The van der Waals surface area contributed by atoms with E-state index in [1.165, 1.54) is 6.20 Å². The summed E-state index contributed by atoms with van der Waals surface area (Å²) in [4.78, 5) is 37.0. The van der Waals surface area contributed by atoms with Crippen molar-refractivity contribution in [2.45, 2.75) is 17.9 Å². The molecule has 1 spiro atoms. The molecule has 7 nitrogen and oxygen atoms in total. The molecule has 3 N–H and O–H groups in total. The second kappa shape index (κ2) is 6.13. The quantitative estimate of drug-likeness (QED) is 0.699. The maximum atomic E-state index is 13.3. The van der Waals surface area contributed by atoms with Crippen molar-refractivity contribution in [2.75, 3.05) is 17.6 Å². The van der Waals surface area contributed by atoms with Crippen LogP contribution in [0.15, 0.2) is 55.0 Å². The first kappa shape index (κ1) is 16.9. The molecule has 0 bridgehead atoms. The fraction of sp³-hybridized carbons (Fsp3) is 0.200. The van der Waals surface area contributed by atoms with E-state index >= 15 is 0 Å². The van der Waals surface area contributed by atoms with E-state index in [1.807, 2.05) is 36.4 Å². The summed E-state index contributed by atoms with van der Waals surface area (Å²) in [5.41, 5.74) is 7.44. The van der Waals surface area contributed by atoms with Crippen LogP contribution in [-0.4, -0.2) is 33.2 Å². The van der Waals surface area contributed by atoms with Gasteiger partial charge in [-0.1, -0.05) is 35.6 Å². The van der Waals surface area contributed by atoms with Gasteiger partial charge in [-0.05, 0) is 29.7 Å². The number of nitrogen functional groups attached to an aromatic ring is 1. The van der Waals surface area contributed by atoms with Gasteiger partial charge in [0.1, 0.15) is 10.3 Å². The number of para-hydroxylation sites is 1. The number of pyridine rings is 1. The number of anilines is 2. The van der Waals surface area contributed by atoms with E-state index < -0.39 is 11.5 Å². The van der Waals surface area contributed by atoms with Crippen LogP contribution < -0.4 is 11.1 Å². The van der Waals surface area contributed by atoms with Gasteiger partial charge in [-0.2, -0.15) is 0 Å². The third-order valence-corrected chi connectivity index (χ3v) is 6.40. The smallest absolute Gasteiger partial charge is 0.266 e. The first-order chi connectivity index (χ1) is 13.6. The van der Waals surface area contributed by atoms with Crippen LogP contribution in [0.5, 0.6) is 0 Å². The highest BCUT2D eigenvalue weighted by atomic mass is 32.1. The van der Waals surface area contributed by atoms with Crippen molar-refractivity contribution in [3.63, 3.8) is 0 Å². The van der Waals surface area contributed by atoms with Crippen LogP contribution in [0.3, 0.4) is 0 Å². The third kappa shape index (κ3) is 2.27. The lowest BCUT2D eigenvalue weighted by Crippen LogP contribution is -2.42. The number of nitrogens with zero attached hydrogens (tertiary/aromatic N) is 3. The third-order valence-electron chi connectivity index (χ3n) is 5.58. The minimum atomic E-state index is -0.842. The van der Waals surface area contributed by atoms with Gasteiger partial charge in [0.25, 0.3) is 5.91 Å². The van der Waals surface area contributed by atoms with Crippen molar-refractivity contribution in [3.8, 4) is 0 Å². The molecule has 2 amide bonds. The first-order valence-corrected chi connectivity index (χ1v) is 9.76. The molecule has 0 radical (unpaired) electrons. The molecule has 2 aromatic heterocycles. The standard InChI is InChI=1S/C20H17N5O2S/c21-19-23-11-15(28-19)17(26)25-9-7-20(16(25)12-4-3-8-22-10-12)13-5-1-2-6-14(13)24-18(20)27/h1-6,8,10-11,16H,7,9H2,(H2,21,23)(H,24,27). The number of amides is 2. The Bertz CT molecular complexity index is 1080. The van der Waals surface area contributed by atoms with E-state index in [4.69, 9.17) is 5.73 Å². The van der Waals surface area contributed by atoms with E-state index in [-0.39, 0.29) is 11.8 Å². The summed E-state index contributed by atoms with van der Waals surface area (Å²) in [5, 5.41) is 3.35. The predicted molar refractivity (Wildman–Crippen MR) is 106 cm³/mol. The van der Waals surface area contributed by atoms with E-state index in [9.17, 15) is 9.59 Å². The van der Waals surface area contributed by atoms with E-state index in [0.717, 1.165) is 28.2 Å². The highest BCUT2D eigenvalue weighted by molar-refractivity contribution is 7.17. The van der Waals surface area contributed by atoms with Crippen LogP contribution in [-0.2, 0) is 10.2 Å². The average Bonchev–Trinajstić information content (AvgIpc) is 3.40. The highest BCUT2D eigenvalue weighted by Crippen LogP contribution is 2.54. The molecule has 2 atom stereocenters. The molecule has 5 rings (SSSR count). The Hall–Kier alpha value is -3.26. The molecule has 1 saturated heterocycles. The summed E-state index contributed by atoms with van der Waals surface area (Å²) in [7, 11) is 0. The number of benzene rings is 1. The second-order valence-electron chi connectivity index (χ2n) is 6.97. The van der Waals surface area contributed by atoms with Crippen molar-refractivity contribution in [1.82, 2.24) is 14.9 Å². The molecule has 3 aromatic rings. The van der Waals surface area contributed by atoms with Gasteiger partial charge in [0.05, 0.1) is 12.2 Å². The lowest BCUT2D eigenvalue weighted by atomic mass is 9.73. The highest BCUT2D eigenvalue weighted by Gasteiger charge is 2.59. The molecule has 0 aliphatic carbocycles. The number of aromatic nitrogens is 2. The lowest BCUT2D eigenvalue weighted by Gasteiger charge is -2.34. The molecule has 2 aliphatic heterocycles. The predicted octanol–water partition coefficient (Wildman–Crippen LogP) is 2.60. The molecular formula is C20H17N5O2S. The van der Waals surface area contributed by atoms with Crippen molar-refractivity contribution >= 4 is 34.0 Å². The molecule has 8 heteroatoms. The fourth-order valence-corrected chi connectivity index (χ4v) is 5.08. The number of rotatable bonds is 2. The van der Waals surface area contributed by atoms with E-state index in [0.29, 0.717) is 23.0 Å². The van der Waals surface area contributed by atoms with Crippen LogP contribution in [0.25, 0.3) is 0 Å². The normalized spacial score (nSPS) is 23.1. The van der Waals surface area contributed by atoms with Crippen molar-refractivity contribution in [3.05, 3.63) is 71.0 Å². The summed E-state index contributed by atoms with van der Waals surface area (Å²) in [6, 6.07) is 11.0. The number of hydrogen-bond acceptors (Lipinski definition) is 6. The van der Waals surface area contributed by atoms with Gasteiger partial charge in [0.15, 0.2) is 5.13 Å². The van der Waals surface area contributed by atoms with Gasteiger partial charge < -0.3 is 16.0 Å². The molecule has 140 valence electrons. The van der Waals surface area contributed by atoms with E-state index in [1.54, 1.807) is 17.3 Å². The van der Waals surface area contributed by atoms with Gasteiger partial charge >= 0.3 is 0 Å². The summed E-state index contributed by atoms with van der Waals surface area (Å²) >= 11 is 1.16. The zero-order valence-electron chi connectivity index (χ0n) is 14.8. The van der Waals surface area contributed by atoms with Gasteiger partial charge in [0, 0.05) is 24.6 Å². The van der Waals surface area contributed by atoms with Crippen molar-refractivity contribution < 1.29 is 9.59 Å². The first-order valence-electron chi connectivity index (χ1n) is 8.94. The Morgan fingerprint density at radius 2 is 2.11 bits per heavy atom. The summed E-state index contributed by atoms with van der Waals surface area (Å²) in [6.07, 6.45) is 5.45. The number of nitrogens with two attached hydrogens (primary N) is 1. The number of carbonyl (C=O) groups is 2. The molecule has 28 heavy (non-hydrogen) atoms. The van der Waals surface area contributed by atoms with Crippen molar-refractivity contribution in [1.29, 1.82) is 0 Å². The Labute approximate surface area is 165 Å². The summed E-state index contributed by atoms with van der Waals surface area (Å²) < 4.78 is 0. The van der Waals surface area contributed by atoms with Crippen LogP contribution in [0.4, 0.5) is 10.8 Å². The SMILES string of the molecule is Nc1ncc(C(=O)N2CCC3(C(=O)Nc4ccccc43)C2c2cccnc2)s1. The van der Waals surface area contributed by atoms with Crippen LogP contribution in [0, 0.1) is 0 Å². The maximum absolute atomic E-state index is 13.3. The van der Waals surface area contributed by atoms with E-state index in [2.05, 4.69) is 15.3 Å². The number of thiazole rings is 1. The summed E-state index contributed by atoms with van der Waals surface area (Å²) in [5.74, 6) is -0.251. The van der Waals surface area contributed by atoms with Gasteiger partial charge in [-0.3, -0.25) is 14.6 Å². The van der Waals surface area contributed by atoms with Gasteiger partial charge in [-0.15, -0.1) is 0 Å². The number of hydrogen-bond donors (Lipinski definition) is 2. The minimum Gasteiger partial charge on any atom is -0.375 e. The largest absolute Gasteiger partial charge is 0.375 e. The number of carbonyl (C=O) groups excluding carboxylic acids is 2. The number of likely N-dealkylation sites (tertiary alicyclic amines) is 1. The monoisotopic (exact) mass is 391 g/mol. The Morgan fingerprint density at radius 3 is 2.86 bits per heavy atom. The van der Waals surface area contributed by atoms with Crippen LogP contribution in [0.2, 0.25) is 0 Å². The number of fused-ring (bicyclic) bond motifs is 2. The Balaban J connectivity index is 1.67. The molecule has 4 heterocycles. The fourth-order valence-electron chi connectivity index (χ4n) is 4.43. The summed E-state index contributed by atoms with van der Waals surface area (Å²) in [6.45, 7) is 0.456. The molecule has 1 fully saturated rings. The topological polar surface area (TPSA) is 101 Å². The number of nitrogens with one attached hydrogen (secondary N) is 1. The second-order valence-corrected chi connectivity index (χ2v) is 8.03. The zero-order valence-corrected chi connectivity index (χ0v) is 15.6.